The Balaban J connectivity index is 1.33. The molecule has 37 heavy (non-hydrogen) atoms. The molecule has 0 unspecified atom stereocenters. The van der Waals surface area contributed by atoms with Gasteiger partial charge >= 0.3 is 18.2 Å². The third-order valence-corrected chi connectivity index (χ3v) is 5.97. The van der Waals surface area contributed by atoms with Gasteiger partial charge < -0.3 is 19.9 Å². The Morgan fingerprint density at radius 2 is 1.43 bits per heavy atom. The van der Waals surface area contributed by atoms with Crippen molar-refractivity contribution in [3.63, 3.8) is 0 Å². The Bertz CT molecular complexity index is 1250. The van der Waals surface area contributed by atoms with Crippen molar-refractivity contribution in [1.82, 2.24) is 5.32 Å². The van der Waals surface area contributed by atoms with Crippen LogP contribution in [-0.4, -0.2) is 41.5 Å². The van der Waals surface area contributed by atoms with Crippen LogP contribution in [0.4, 0.5) is 15.3 Å². The highest BCUT2D eigenvalue weighted by atomic mass is 16.6. The number of anilines is 1. The van der Waals surface area contributed by atoms with Crippen LogP contribution in [0.25, 0.3) is 11.1 Å². The van der Waals surface area contributed by atoms with Crippen LogP contribution >= 0.6 is 0 Å². The highest BCUT2D eigenvalue weighted by molar-refractivity contribution is 5.85. The molecule has 0 radical (unpaired) electrons. The molecule has 0 spiro atoms. The fraction of sp³-hybridized carbons (Fsp3) is 0.276. The van der Waals surface area contributed by atoms with Gasteiger partial charge in [0.15, 0.2) is 0 Å². The molecule has 0 bridgehead atoms. The van der Waals surface area contributed by atoms with Crippen molar-refractivity contribution in [3.05, 3.63) is 89.5 Å². The van der Waals surface area contributed by atoms with Gasteiger partial charge in [0.05, 0.1) is 0 Å². The molecule has 0 aliphatic heterocycles. The molecule has 1 atom stereocenters. The first-order valence-electron chi connectivity index (χ1n) is 12.0. The number of hydrogen-bond acceptors (Lipinski definition) is 5. The summed E-state index contributed by atoms with van der Waals surface area (Å²) < 4.78 is 10.7. The number of ether oxygens (including phenoxy) is 2. The summed E-state index contributed by atoms with van der Waals surface area (Å²) in [7, 11) is 0. The van der Waals surface area contributed by atoms with Crippen molar-refractivity contribution in [1.29, 1.82) is 0 Å². The summed E-state index contributed by atoms with van der Waals surface area (Å²) in [5, 5.41) is 14.6. The maximum Gasteiger partial charge on any atom is 0.411 e. The number of amides is 2. The molecule has 0 aromatic heterocycles. The van der Waals surface area contributed by atoms with Gasteiger partial charge in [-0.25, -0.2) is 14.4 Å². The predicted octanol–water partition coefficient (Wildman–Crippen LogP) is 5.57. The molecule has 192 valence electrons. The molecule has 1 aliphatic rings. The quantitative estimate of drug-likeness (QED) is 0.389. The van der Waals surface area contributed by atoms with Crippen LogP contribution in [0.15, 0.2) is 72.8 Å². The van der Waals surface area contributed by atoms with Gasteiger partial charge in [0.1, 0.15) is 18.2 Å². The maximum atomic E-state index is 12.5. The normalized spacial score (nSPS) is 13.2. The Labute approximate surface area is 215 Å². The molecule has 4 rings (SSSR count). The van der Waals surface area contributed by atoms with Gasteiger partial charge in [0.25, 0.3) is 0 Å². The fourth-order valence-corrected chi connectivity index (χ4v) is 4.36. The van der Waals surface area contributed by atoms with Crippen molar-refractivity contribution >= 4 is 23.8 Å². The second-order valence-corrected chi connectivity index (χ2v) is 9.89. The highest BCUT2D eigenvalue weighted by Gasteiger charge is 2.29. The summed E-state index contributed by atoms with van der Waals surface area (Å²) in [5.41, 5.74) is 5.02. The van der Waals surface area contributed by atoms with Gasteiger partial charge in [-0.1, -0.05) is 60.7 Å². The van der Waals surface area contributed by atoms with Crippen LogP contribution in [0.3, 0.4) is 0 Å². The summed E-state index contributed by atoms with van der Waals surface area (Å²) >= 11 is 0. The van der Waals surface area contributed by atoms with E-state index in [1.54, 1.807) is 45.0 Å². The number of carbonyl (C=O) groups is 3. The number of carbonyl (C=O) groups excluding carboxylic acids is 2. The average molecular weight is 503 g/mol. The first kappa shape index (κ1) is 25.8. The topological polar surface area (TPSA) is 114 Å². The van der Waals surface area contributed by atoms with Crippen LogP contribution < -0.4 is 10.6 Å². The van der Waals surface area contributed by atoms with Gasteiger partial charge in [0, 0.05) is 18.0 Å². The minimum Gasteiger partial charge on any atom is -0.480 e. The molecule has 3 N–H and O–H groups in total. The zero-order valence-electron chi connectivity index (χ0n) is 21.0. The third-order valence-electron chi connectivity index (χ3n) is 5.97. The molecule has 1 aliphatic carbocycles. The second kappa shape index (κ2) is 10.7. The standard InChI is InChI=1S/C29H30N2O6/c1-29(2,3)37-28(35)31-25(26(32)33)16-18-12-14-19(15-13-18)30-27(34)36-17-24-22-10-6-4-8-20(22)21-9-5-7-11-23(21)24/h4-15,24-25H,16-17H2,1-3H3,(H,30,34)(H,31,35)(H,32,33)/t25-/m0/s1. The molecule has 3 aromatic carbocycles. The Hall–Kier alpha value is -4.33. The monoisotopic (exact) mass is 502 g/mol. The first-order chi connectivity index (χ1) is 17.6. The van der Waals surface area contributed by atoms with E-state index in [9.17, 15) is 19.5 Å². The zero-order valence-corrected chi connectivity index (χ0v) is 21.0. The van der Waals surface area contributed by atoms with E-state index in [-0.39, 0.29) is 18.9 Å². The van der Waals surface area contributed by atoms with Crippen molar-refractivity contribution in [2.45, 2.75) is 44.8 Å². The van der Waals surface area contributed by atoms with Crippen LogP contribution in [0.1, 0.15) is 43.4 Å². The van der Waals surface area contributed by atoms with E-state index in [0.29, 0.717) is 11.3 Å². The Kier molecular flexibility index (Phi) is 7.47. The van der Waals surface area contributed by atoms with Crippen molar-refractivity contribution in [2.24, 2.45) is 0 Å². The van der Waals surface area contributed by atoms with E-state index < -0.39 is 29.8 Å². The molecule has 3 aromatic rings. The number of nitrogens with one attached hydrogen (secondary N) is 2. The Morgan fingerprint density at radius 1 is 0.865 bits per heavy atom. The van der Waals surface area contributed by atoms with Crippen LogP contribution in [-0.2, 0) is 20.7 Å². The average Bonchev–Trinajstić information content (AvgIpc) is 3.16. The molecule has 2 amide bonds. The highest BCUT2D eigenvalue weighted by Crippen LogP contribution is 2.44. The lowest BCUT2D eigenvalue weighted by atomic mass is 9.98. The van der Waals surface area contributed by atoms with Crippen molar-refractivity contribution in [2.75, 3.05) is 11.9 Å². The minimum absolute atomic E-state index is 0.0362. The smallest absolute Gasteiger partial charge is 0.411 e. The molecule has 8 heteroatoms. The largest absolute Gasteiger partial charge is 0.480 e. The third kappa shape index (κ3) is 6.46. The zero-order chi connectivity index (χ0) is 26.6. The van der Waals surface area contributed by atoms with Gasteiger partial charge in [-0.15, -0.1) is 0 Å². The van der Waals surface area contributed by atoms with Crippen LogP contribution in [0.2, 0.25) is 0 Å². The minimum atomic E-state index is -1.17. The SMILES string of the molecule is CC(C)(C)OC(=O)N[C@@H](Cc1ccc(NC(=O)OCC2c3ccccc3-c3ccccc32)cc1)C(=O)O. The molecular formula is C29H30N2O6. The number of carboxylic acids is 1. The van der Waals surface area contributed by atoms with Crippen LogP contribution in [0.5, 0.6) is 0 Å². The number of hydrogen-bond donors (Lipinski definition) is 3. The van der Waals surface area contributed by atoms with E-state index in [2.05, 4.69) is 34.9 Å². The maximum absolute atomic E-state index is 12.5. The lowest BCUT2D eigenvalue weighted by molar-refractivity contribution is -0.139. The van der Waals surface area contributed by atoms with E-state index in [4.69, 9.17) is 9.47 Å². The summed E-state index contributed by atoms with van der Waals surface area (Å²) in [5.74, 6) is -1.21. The molecule has 0 saturated carbocycles. The van der Waals surface area contributed by atoms with Crippen LogP contribution in [0, 0.1) is 0 Å². The number of benzene rings is 3. The van der Waals surface area contributed by atoms with E-state index in [0.717, 1.165) is 22.3 Å². The molecule has 0 fully saturated rings. The summed E-state index contributed by atoms with van der Waals surface area (Å²) in [6.07, 6.45) is -1.32. The van der Waals surface area contributed by atoms with E-state index in [1.165, 1.54) is 0 Å². The molecule has 8 nitrogen and oxygen atoms in total. The van der Waals surface area contributed by atoms with Gasteiger partial charge in [-0.2, -0.15) is 0 Å². The van der Waals surface area contributed by atoms with Crippen molar-refractivity contribution < 1.29 is 29.0 Å². The number of fused-ring (bicyclic) bond motifs is 3. The summed E-state index contributed by atoms with van der Waals surface area (Å²) in [6, 6.07) is 21.8. The van der Waals surface area contributed by atoms with Crippen molar-refractivity contribution in [3.8, 4) is 11.1 Å². The summed E-state index contributed by atoms with van der Waals surface area (Å²) in [6.45, 7) is 5.30. The predicted molar refractivity (Wildman–Crippen MR) is 140 cm³/mol. The Morgan fingerprint density at radius 3 is 1.97 bits per heavy atom. The lowest BCUT2D eigenvalue weighted by Gasteiger charge is -2.22. The van der Waals surface area contributed by atoms with Gasteiger partial charge in [0.2, 0.25) is 0 Å². The van der Waals surface area contributed by atoms with E-state index >= 15 is 0 Å². The number of rotatable bonds is 7. The fourth-order valence-electron chi connectivity index (χ4n) is 4.36. The lowest BCUT2D eigenvalue weighted by Crippen LogP contribution is -2.44. The first-order valence-corrected chi connectivity index (χ1v) is 12.0. The number of aliphatic carboxylic acids is 1. The summed E-state index contributed by atoms with van der Waals surface area (Å²) in [4.78, 5) is 36.1. The van der Waals surface area contributed by atoms with Gasteiger partial charge in [-0.3, -0.25) is 5.32 Å². The van der Waals surface area contributed by atoms with E-state index in [1.807, 2.05) is 24.3 Å². The second-order valence-electron chi connectivity index (χ2n) is 9.89. The molecular weight excluding hydrogens is 472 g/mol. The molecule has 0 heterocycles. The van der Waals surface area contributed by atoms with Gasteiger partial charge in [-0.05, 0) is 60.7 Å². The molecule has 0 saturated heterocycles. The number of alkyl carbamates (subject to hydrolysis) is 1. The number of carboxylic acid groups (broad SMARTS) is 1.